The summed E-state index contributed by atoms with van der Waals surface area (Å²) in [6, 6.07) is 3.97. The summed E-state index contributed by atoms with van der Waals surface area (Å²) in [4.78, 5) is 21.5. The quantitative estimate of drug-likeness (QED) is 0.909. The highest BCUT2D eigenvalue weighted by atomic mass is 16.2. The number of hydrogen-bond donors (Lipinski definition) is 1. The molecule has 0 saturated heterocycles. The van der Waals surface area contributed by atoms with Gasteiger partial charge >= 0.3 is 0 Å². The van der Waals surface area contributed by atoms with Crippen LogP contribution in [0.5, 0.6) is 0 Å². The molecule has 0 aromatic carbocycles. The molecule has 0 fully saturated rings. The van der Waals surface area contributed by atoms with Crippen LogP contribution in [0.1, 0.15) is 27.9 Å². The van der Waals surface area contributed by atoms with Gasteiger partial charge in [-0.2, -0.15) is 0 Å². The summed E-state index contributed by atoms with van der Waals surface area (Å²) in [6.45, 7) is 3.39. The number of H-pyrrole nitrogens is 1. The number of aromatic nitrogens is 2. The van der Waals surface area contributed by atoms with E-state index in [4.69, 9.17) is 0 Å². The lowest BCUT2D eigenvalue weighted by molar-refractivity contribution is 0.0774. The average molecular weight is 267 g/mol. The lowest BCUT2D eigenvalue weighted by Crippen LogP contribution is -2.35. The maximum atomic E-state index is 12.5. The highest BCUT2D eigenvalue weighted by molar-refractivity contribution is 5.96. The van der Waals surface area contributed by atoms with E-state index in [0.29, 0.717) is 6.54 Å². The normalized spacial score (nSPS) is 15.1. The third-order valence-corrected chi connectivity index (χ3v) is 3.67. The van der Waals surface area contributed by atoms with Crippen molar-refractivity contribution in [1.29, 1.82) is 0 Å². The molecule has 0 saturated carbocycles. The molecule has 0 unspecified atom stereocenters. The van der Waals surface area contributed by atoms with Crippen LogP contribution in [0.25, 0.3) is 5.57 Å². The number of aryl methyl sites for hydroxylation is 1. The number of amides is 1. The summed E-state index contributed by atoms with van der Waals surface area (Å²) in [7, 11) is 0. The summed E-state index contributed by atoms with van der Waals surface area (Å²) in [5.41, 5.74) is 4.10. The third-order valence-electron chi connectivity index (χ3n) is 3.67. The van der Waals surface area contributed by atoms with Crippen LogP contribution in [0, 0.1) is 6.92 Å². The first-order valence-electron chi connectivity index (χ1n) is 6.78. The van der Waals surface area contributed by atoms with Crippen LogP contribution in [-0.2, 0) is 0 Å². The number of hydrogen-bond acceptors (Lipinski definition) is 2. The first-order valence-corrected chi connectivity index (χ1v) is 6.78. The van der Waals surface area contributed by atoms with Gasteiger partial charge in [-0.1, -0.05) is 6.08 Å². The van der Waals surface area contributed by atoms with Crippen LogP contribution in [-0.4, -0.2) is 33.9 Å². The van der Waals surface area contributed by atoms with E-state index in [1.54, 1.807) is 18.6 Å². The first kappa shape index (κ1) is 12.7. The number of carbonyl (C=O) groups excluding carboxylic acids is 1. The van der Waals surface area contributed by atoms with Gasteiger partial charge in [0.2, 0.25) is 0 Å². The second-order valence-corrected chi connectivity index (χ2v) is 5.03. The fourth-order valence-corrected chi connectivity index (χ4v) is 2.53. The van der Waals surface area contributed by atoms with Crippen molar-refractivity contribution in [3.05, 3.63) is 59.7 Å². The van der Waals surface area contributed by atoms with Crippen molar-refractivity contribution < 1.29 is 4.79 Å². The van der Waals surface area contributed by atoms with Crippen molar-refractivity contribution in [3.63, 3.8) is 0 Å². The van der Waals surface area contributed by atoms with Gasteiger partial charge < -0.3 is 9.88 Å². The molecule has 1 aliphatic rings. The van der Waals surface area contributed by atoms with Crippen LogP contribution in [0.4, 0.5) is 0 Å². The second-order valence-electron chi connectivity index (χ2n) is 5.03. The Morgan fingerprint density at radius 1 is 1.30 bits per heavy atom. The molecule has 0 spiro atoms. The van der Waals surface area contributed by atoms with Crippen LogP contribution in [0.2, 0.25) is 0 Å². The maximum Gasteiger partial charge on any atom is 0.255 e. The van der Waals surface area contributed by atoms with Gasteiger partial charge in [0.15, 0.2) is 0 Å². The second kappa shape index (κ2) is 5.33. The van der Waals surface area contributed by atoms with Crippen LogP contribution >= 0.6 is 0 Å². The monoisotopic (exact) mass is 267 g/mol. The fourth-order valence-electron chi connectivity index (χ4n) is 2.53. The van der Waals surface area contributed by atoms with Crippen molar-refractivity contribution in [3.8, 4) is 0 Å². The molecule has 3 rings (SSSR count). The largest absolute Gasteiger partial charge is 0.367 e. The minimum absolute atomic E-state index is 0.100. The standard InChI is InChI=1S/C16H17N3O/c1-12-9-18-10-15(12)16(20)19-8-2-3-14(11-19)13-4-6-17-7-5-13/h3-7,9-10,18H,2,8,11H2,1H3. The zero-order chi connectivity index (χ0) is 13.9. The number of carbonyl (C=O) groups is 1. The topological polar surface area (TPSA) is 49.0 Å². The summed E-state index contributed by atoms with van der Waals surface area (Å²) in [5, 5.41) is 0. The van der Waals surface area contributed by atoms with E-state index >= 15 is 0 Å². The molecule has 4 heteroatoms. The first-order chi connectivity index (χ1) is 9.75. The van der Waals surface area contributed by atoms with Gasteiger partial charge in [-0.05, 0) is 42.2 Å². The van der Waals surface area contributed by atoms with Crippen LogP contribution < -0.4 is 0 Å². The highest BCUT2D eigenvalue weighted by Gasteiger charge is 2.21. The molecule has 0 atom stereocenters. The van der Waals surface area contributed by atoms with E-state index in [1.807, 2.05) is 30.2 Å². The summed E-state index contributed by atoms with van der Waals surface area (Å²) < 4.78 is 0. The van der Waals surface area contributed by atoms with Crippen LogP contribution in [0.15, 0.2) is 43.0 Å². The predicted octanol–water partition coefficient (Wildman–Crippen LogP) is 2.65. The van der Waals surface area contributed by atoms with Gasteiger partial charge in [0.05, 0.1) is 5.56 Å². The lowest BCUT2D eigenvalue weighted by Gasteiger charge is -2.27. The van der Waals surface area contributed by atoms with Crippen molar-refractivity contribution >= 4 is 11.5 Å². The van der Waals surface area contributed by atoms with Gasteiger partial charge in [0.1, 0.15) is 0 Å². The molecule has 2 aromatic heterocycles. The van der Waals surface area contributed by atoms with Crippen molar-refractivity contribution in [2.24, 2.45) is 0 Å². The molecule has 0 bridgehead atoms. The number of nitrogens with one attached hydrogen (secondary N) is 1. The number of aromatic amines is 1. The molecule has 0 radical (unpaired) electrons. The zero-order valence-electron chi connectivity index (χ0n) is 11.5. The fraction of sp³-hybridized carbons (Fsp3) is 0.250. The van der Waals surface area contributed by atoms with E-state index in [0.717, 1.165) is 29.7 Å². The number of rotatable bonds is 2. The van der Waals surface area contributed by atoms with E-state index in [1.165, 1.54) is 5.57 Å². The lowest BCUT2D eigenvalue weighted by atomic mass is 10.0. The van der Waals surface area contributed by atoms with Crippen molar-refractivity contribution in [2.45, 2.75) is 13.3 Å². The molecule has 2 aromatic rings. The molecule has 1 N–H and O–H groups in total. The molecule has 0 aliphatic carbocycles. The molecule has 4 nitrogen and oxygen atoms in total. The molecular formula is C16H17N3O. The molecule has 1 amide bonds. The third kappa shape index (κ3) is 2.37. The van der Waals surface area contributed by atoms with E-state index in [-0.39, 0.29) is 5.91 Å². The van der Waals surface area contributed by atoms with E-state index in [9.17, 15) is 4.79 Å². The number of pyridine rings is 1. The SMILES string of the molecule is Cc1c[nH]cc1C(=O)N1CCC=C(c2ccncc2)C1. The van der Waals surface area contributed by atoms with Crippen LogP contribution in [0.3, 0.4) is 0 Å². The smallest absolute Gasteiger partial charge is 0.255 e. The van der Waals surface area contributed by atoms with Gasteiger partial charge in [0, 0.05) is 37.9 Å². The van der Waals surface area contributed by atoms with E-state index < -0.39 is 0 Å². The molecule has 1 aliphatic heterocycles. The average Bonchev–Trinajstić information content (AvgIpc) is 2.94. The van der Waals surface area contributed by atoms with E-state index in [2.05, 4.69) is 16.0 Å². The Morgan fingerprint density at radius 3 is 2.80 bits per heavy atom. The predicted molar refractivity (Wildman–Crippen MR) is 78.3 cm³/mol. The van der Waals surface area contributed by atoms with Crippen molar-refractivity contribution in [1.82, 2.24) is 14.9 Å². The Labute approximate surface area is 118 Å². The highest BCUT2D eigenvalue weighted by Crippen LogP contribution is 2.22. The van der Waals surface area contributed by atoms with Crippen molar-refractivity contribution in [2.75, 3.05) is 13.1 Å². The molecule has 3 heterocycles. The van der Waals surface area contributed by atoms with Gasteiger partial charge in [-0.25, -0.2) is 0 Å². The number of nitrogens with zero attached hydrogens (tertiary/aromatic N) is 2. The minimum Gasteiger partial charge on any atom is -0.367 e. The summed E-state index contributed by atoms with van der Waals surface area (Å²) in [5.74, 6) is 0.100. The van der Waals surface area contributed by atoms with Gasteiger partial charge in [-0.15, -0.1) is 0 Å². The Morgan fingerprint density at radius 2 is 2.10 bits per heavy atom. The Balaban J connectivity index is 1.80. The Hall–Kier alpha value is -2.36. The summed E-state index contributed by atoms with van der Waals surface area (Å²) >= 11 is 0. The Kier molecular flexibility index (Phi) is 3.37. The van der Waals surface area contributed by atoms with Gasteiger partial charge in [0.25, 0.3) is 5.91 Å². The molecule has 20 heavy (non-hydrogen) atoms. The minimum atomic E-state index is 0.100. The Bertz CT molecular complexity index is 643. The molecule has 102 valence electrons. The summed E-state index contributed by atoms with van der Waals surface area (Å²) in [6.07, 6.45) is 10.3. The maximum absolute atomic E-state index is 12.5. The van der Waals surface area contributed by atoms with Gasteiger partial charge in [-0.3, -0.25) is 9.78 Å². The zero-order valence-corrected chi connectivity index (χ0v) is 11.5. The molecular weight excluding hydrogens is 250 g/mol.